The van der Waals surface area contributed by atoms with Gasteiger partial charge in [0.25, 0.3) is 0 Å². The van der Waals surface area contributed by atoms with E-state index in [1.54, 1.807) is 44.0 Å². The van der Waals surface area contributed by atoms with E-state index in [4.69, 9.17) is 15.2 Å². The van der Waals surface area contributed by atoms with Crippen LogP contribution < -0.4 is 11.1 Å². The maximum absolute atomic E-state index is 13.8. The lowest BCUT2D eigenvalue weighted by Crippen LogP contribution is -2.54. The van der Waals surface area contributed by atoms with Crippen LogP contribution in [0.5, 0.6) is 0 Å². The zero-order valence-corrected chi connectivity index (χ0v) is 45.4. The van der Waals surface area contributed by atoms with Gasteiger partial charge in [0.1, 0.15) is 12.1 Å². The Balaban J connectivity index is 0.000000777. The fourth-order valence-corrected chi connectivity index (χ4v) is 9.62. The third-order valence-corrected chi connectivity index (χ3v) is 14.0. The minimum absolute atomic E-state index is 0.0213. The van der Waals surface area contributed by atoms with Gasteiger partial charge in [-0.2, -0.15) is 12.6 Å². The summed E-state index contributed by atoms with van der Waals surface area (Å²) in [4.78, 5) is 106. The molecule has 0 aromatic rings. The van der Waals surface area contributed by atoms with Gasteiger partial charge in [-0.3, -0.25) is 38.5 Å². The van der Waals surface area contributed by atoms with Crippen LogP contribution in [-0.2, 0) is 47.8 Å². The van der Waals surface area contributed by atoms with Crippen molar-refractivity contribution in [3.63, 3.8) is 0 Å². The summed E-state index contributed by atoms with van der Waals surface area (Å²) in [6.45, 7) is 25.4. The van der Waals surface area contributed by atoms with Crippen LogP contribution in [-0.4, -0.2) is 155 Å². The molecule has 0 saturated carbocycles. The Bertz CT molecular complexity index is 1830. The molecule has 17 nitrogen and oxygen atoms in total. The molecule has 0 aliphatic carbocycles. The molecule has 398 valence electrons. The van der Waals surface area contributed by atoms with E-state index in [-0.39, 0.29) is 84.6 Å². The third kappa shape index (κ3) is 18.9. The molecule has 0 aromatic heterocycles. The molecule has 2 rings (SSSR count). The first-order chi connectivity index (χ1) is 32.6. The van der Waals surface area contributed by atoms with Crippen LogP contribution in [0.2, 0.25) is 0 Å². The van der Waals surface area contributed by atoms with E-state index in [0.717, 1.165) is 12.8 Å². The molecule has 2 heterocycles. The number of hydrogen-bond acceptors (Lipinski definition) is 11. The van der Waals surface area contributed by atoms with Gasteiger partial charge in [-0.1, -0.05) is 107 Å². The molecule has 18 heteroatoms. The predicted octanol–water partition coefficient (Wildman–Crippen LogP) is 5.81. The molecular formula is C52H88N6O11S. The number of primary amides is 1. The van der Waals surface area contributed by atoms with E-state index in [9.17, 15) is 43.5 Å². The van der Waals surface area contributed by atoms with E-state index < -0.39 is 52.7 Å². The van der Waals surface area contributed by atoms with Crippen molar-refractivity contribution in [3.05, 3.63) is 37.0 Å². The Morgan fingerprint density at radius 2 is 1.57 bits per heavy atom. The predicted molar refractivity (Wildman–Crippen MR) is 275 cm³/mol. The van der Waals surface area contributed by atoms with Gasteiger partial charge < -0.3 is 40.3 Å². The molecule has 2 saturated heterocycles. The SMILES string of the molecule is C=C/C=C(\C=C)CC(NC(=O)C(C)C(OC)C1CCCN1C(=O)CC(OC)C(C(C)CC)N(C)C(=O)CC(C)C)C(=O)O.CC(C)C(C(N)=O)N(C)C(=O)CCCCCN1C(=O)CC(C(C)(C)S)C1=O. The summed E-state index contributed by atoms with van der Waals surface area (Å²) in [5.74, 6) is -3.53. The van der Waals surface area contributed by atoms with E-state index in [1.165, 1.54) is 29.1 Å². The number of methoxy groups -OCH3 is 2. The second kappa shape index (κ2) is 30.4. The van der Waals surface area contributed by atoms with Gasteiger partial charge in [-0.15, -0.1) is 0 Å². The number of carboxylic acid groups (broad SMARTS) is 1. The number of rotatable bonds is 29. The lowest BCUT2D eigenvalue weighted by molar-refractivity contribution is -0.147. The number of carbonyl (C=O) groups excluding carboxylic acids is 7. The number of likely N-dealkylation sites (N-methyl/N-ethyl adjacent to an activating group) is 2. The van der Waals surface area contributed by atoms with Crippen molar-refractivity contribution in [1.82, 2.24) is 24.9 Å². The highest BCUT2D eigenvalue weighted by Gasteiger charge is 2.45. The molecule has 9 unspecified atom stereocenters. The van der Waals surface area contributed by atoms with E-state index in [1.807, 2.05) is 41.5 Å². The van der Waals surface area contributed by atoms with E-state index in [0.29, 0.717) is 57.2 Å². The maximum Gasteiger partial charge on any atom is 0.326 e. The first kappa shape index (κ1) is 63.5. The summed E-state index contributed by atoms with van der Waals surface area (Å²) >= 11 is 4.43. The fourth-order valence-electron chi connectivity index (χ4n) is 9.42. The number of ether oxygens (including phenoxy) is 2. The number of amides is 7. The number of likely N-dealkylation sites (tertiary alicyclic amines) is 2. The number of carboxylic acids is 1. The monoisotopic (exact) mass is 1000 g/mol. The first-order valence-electron chi connectivity index (χ1n) is 24.8. The number of unbranched alkanes of at least 4 members (excludes halogenated alkanes) is 2. The van der Waals surface area contributed by atoms with Crippen LogP contribution in [0.15, 0.2) is 37.0 Å². The number of thiol groups is 1. The molecule has 0 radical (unpaired) electrons. The van der Waals surface area contributed by atoms with Crippen LogP contribution >= 0.6 is 12.6 Å². The van der Waals surface area contributed by atoms with Crippen molar-refractivity contribution >= 4 is 59.9 Å². The molecule has 7 amide bonds. The Hall–Kier alpha value is -4.55. The summed E-state index contributed by atoms with van der Waals surface area (Å²) in [6, 6.07) is -2.42. The minimum atomic E-state index is -1.16. The van der Waals surface area contributed by atoms with Gasteiger partial charge in [-0.25, -0.2) is 4.79 Å². The Morgan fingerprint density at radius 3 is 2.04 bits per heavy atom. The number of imide groups is 1. The molecule has 70 heavy (non-hydrogen) atoms. The van der Waals surface area contributed by atoms with Crippen molar-refractivity contribution in [2.45, 2.75) is 174 Å². The van der Waals surface area contributed by atoms with Crippen LogP contribution in [0.1, 0.15) is 133 Å². The molecule has 0 aromatic carbocycles. The number of hydrogen-bond donors (Lipinski definition) is 4. The molecule has 2 aliphatic rings. The molecule has 9 atom stereocenters. The molecule has 2 fully saturated rings. The van der Waals surface area contributed by atoms with Crippen molar-refractivity contribution in [3.8, 4) is 0 Å². The normalized spacial score (nSPS) is 19.3. The Morgan fingerprint density at radius 1 is 0.943 bits per heavy atom. The number of carbonyl (C=O) groups is 8. The zero-order valence-electron chi connectivity index (χ0n) is 44.5. The average Bonchev–Trinajstić information content (AvgIpc) is 3.88. The highest BCUT2D eigenvalue weighted by Crippen LogP contribution is 2.34. The summed E-state index contributed by atoms with van der Waals surface area (Å²) in [5, 5.41) is 12.4. The summed E-state index contributed by atoms with van der Waals surface area (Å²) < 4.78 is 11.1. The lowest BCUT2D eigenvalue weighted by atomic mass is 9.90. The standard InChI is InChI=1S/C33H55N3O7.C19H33N3O4S/c1-11-15-24(13-3)19-25(33(40)41)34-32(39)23(7)31(43-10)26-16-14-17-36(26)29(38)20-27(42-9)30(22(6)12-2)35(8)28(37)18-21(4)5;1-12(2)16(17(20)25)21(5)14(23)9-7-6-8-10-22-15(24)11-13(18(22)26)19(3,4)27/h11,13,15,21-23,25-27,30-31H,1,3,12,14,16-20H2,2,4-10H3,(H,34,39)(H,40,41);12-13,16,27H,6-11H2,1-5H3,(H2,20,25)/b24-15+;. The summed E-state index contributed by atoms with van der Waals surface area (Å²) in [7, 11) is 6.45. The van der Waals surface area contributed by atoms with Crippen molar-refractivity contribution in [2.24, 2.45) is 35.3 Å². The van der Waals surface area contributed by atoms with Gasteiger partial charge in [0.05, 0.1) is 42.5 Å². The summed E-state index contributed by atoms with van der Waals surface area (Å²) in [5.41, 5.74) is 6.01. The van der Waals surface area contributed by atoms with Crippen molar-refractivity contribution in [2.75, 3.05) is 41.4 Å². The second-order valence-electron chi connectivity index (χ2n) is 20.2. The van der Waals surface area contributed by atoms with Gasteiger partial charge in [0.15, 0.2) is 0 Å². The first-order valence-corrected chi connectivity index (χ1v) is 25.3. The van der Waals surface area contributed by atoms with E-state index >= 15 is 0 Å². The average molecular weight is 1010 g/mol. The largest absolute Gasteiger partial charge is 0.480 e. The molecule has 2 aliphatic heterocycles. The van der Waals surface area contributed by atoms with E-state index in [2.05, 4.69) is 45.0 Å². The smallest absolute Gasteiger partial charge is 0.326 e. The van der Waals surface area contributed by atoms with Crippen LogP contribution in [0.25, 0.3) is 0 Å². The molecule has 4 N–H and O–H groups in total. The number of aliphatic carboxylic acids is 1. The topological polar surface area (TPSA) is 226 Å². The number of allylic oxidation sites excluding steroid dienone is 3. The molecule has 0 spiro atoms. The van der Waals surface area contributed by atoms with Crippen molar-refractivity contribution in [1.29, 1.82) is 0 Å². The minimum Gasteiger partial charge on any atom is -0.480 e. The quantitative estimate of drug-likeness (QED) is 0.0303. The highest BCUT2D eigenvalue weighted by molar-refractivity contribution is 7.81. The van der Waals surface area contributed by atoms with Crippen LogP contribution in [0.4, 0.5) is 0 Å². The van der Waals surface area contributed by atoms with Crippen LogP contribution in [0.3, 0.4) is 0 Å². The van der Waals surface area contributed by atoms with Gasteiger partial charge in [0, 0.05) is 71.8 Å². The molecule has 0 bridgehead atoms. The van der Waals surface area contributed by atoms with Crippen LogP contribution in [0, 0.1) is 29.6 Å². The van der Waals surface area contributed by atoms with Crippen molar-refractivity contribution < 1.29 is 52.9 Å². The second-order valence-corrected chi connectivity index (χ2v) is 21.4. The zero-order chi connectivity index (χ0) is 53.8. The fraction of sp³-hybridized carbons (Fsp3) is 0.731. The lowest BCUT2D eigenvalue weighted by Gasteiger charge is -2.39. The highest BCUT2D eigenvalue weighted by atomic mass is 32.1. The maximum atomic E-state index is 13.8. The third-order valence-electron chi connectivity index (χ3n) is 13.6. The number of nitrogens with zero attached hydrogens (tertiary/aromatic N) is 4. The Labute approximate surface area is 424 Å². The van der Waals surface area contributed by atoms with Gasteiger partial charge in [-0.05, 0) is 49.0 Å². The number of nitrogens with two attached hydrogens (primary N) is 1. The summed E-state index contributed by atoms with van der Waals surface area (Å²) in [6.07, 6.45) is 8.84. The molecular weight excluding hydrogens is 917 g/mol. The van der Waals surface area contributed by atoms with Gasteiger partial charge >= 0.3 is 5.97 Å². The number of nitrogens with one attached hydrogen (secondary N) is 1. The Kier molecular flexibility index (Phi) is 27.5. The van der Waals surface area contributed by atoms with Gasteiger partial charge in [0.2, 0.25) is 41.4 Å².